The Morgan fingerprint density at radius 2 is 2.00 bits per heavy atom. The van der Waals surface area contributed by atoms with Gasteiger partial charge in [0, 0.05) is 12.2 Å². The van der Waals surface area contributed by atoms with E-state index in [1.165, 1.54) is 0 Å². The topological polar surface area (TPSA) is 56.6 Å². The zero-order valence-electron chi connectivity index (χ0n) is 17.7. The van der Waals surface area contributed by atoms with Crippen molar-refractivity contribution in [1.82, 2.24) is 4.90 Å². The van der Waals surface area contributed by atoms with Crippen molar-refractivity contribution in [3.05, 3.63) is 28.3 Å². The lowest BCUT2D eigenvalue weighted by Crippen LogP contribution is -2.53. The fourth-order valence-electron chi connectivity index (χ4n) is 3.84. The Bertz CT molecular complexity index is 828. The van der Waals surface area contributed by atoms with Gasteiger partial charge in [0.15, 0.2) is 8.32 Å². The highest BCUT2D eigenvalue weighted by atomic mass is 35.5. The summed E-state index contributed by atoms with van der Waals surface area (Å²) >= 11 is 6.35. The number of urea groups is 1. The number of rotatable bonds is 3. The van der Waals surface area contributed by atoms with Crippen molar-refractivity contribution in [1.29, 1.82) is 5.26 Å². The third kappa shape index (κ3) is 3.56. The van der Waals surface area contributed by atoms with Crippen LogP contribution in [0, 0.1) is 18.3 Å². The van der Waals surface area contributed by atoms with Crippen LogP contribution in [-0.4, -0.2) is 44.5 Å². The molecule has 28 heavy (non-hydrogen) atoms. The van der Waals surface area contributed by atoms with Gasteiger partial charge in [-0.05, 0) is 55.6 Å². The van der Waals surface area contributed by atoms with Gasteiger partial charge in [-0.15, -0.1) is 0 Å². The monoisotopic (exact) mass is 419 g/mol. The first-order valence-electron chi connectivity index (χ1n) is 9.93. The molecular formula is C21H30ClN3O2Si. The molecule has 1 aromatic carbocycles. The van der Waals surface area contributed by atoms with Crippen LogP contribution in [0.1, 0.15) is 44.7 Å². The molecule has 1 aromatic rings. The van der Waals surface area contributed by atoms with Gasteiger partial charge in [0.05, 0.1) is 29.3 Å². The quantitative estimate of drug-likeness (QED) is 0.623. The minimum Gasteiger partial charge on any atom is -0.412 e. The van der Waals surface area contributed by atoms with E-state index in [-0.39, 0.29) is 23.2 Å². The highest BCUT2D eigenvalue weighted by molar-refractivity contribution is 6.74. The van der Waals surface area contributed by atoms with Crippen LogP contribution in [-0.2, 0) is 4.43 Å². The molecule has 2 fully saturated rings. The highest BCUT2D eigenvalue weighted by Gasteiger charge is 2.48. The Kier molecular flexibility index (Phi) is 5.57. The smallest absolute Gasteiger partial charge is 0.324 e. The highest BCUT2D eigenvalue weighted by Crippen LogP contribution is 2.41. The fourth-order valence-corrected chi connectivity index (χ4v) is 5.43. The summed E-state index contributed by atoms with van der Waals surface area (Å²) in [6.07, 6.45) is 2.02. The first-order valence-corrected chi connectivity index (χ1v) is 13.2. The summed E-state index contributed by atoms with van der Waals surface area (Å²) in [4.78, 5) is 16.9. The van der Waals surface area contributed by atoms with E-state index in [1.54, 1.807) is 11.0 Å². The number of fused-ring (bicyclic) bond motifs is 1. The Morgan fingerprint density at radius 3 is 2.61 bits per heavy atom. The van der Waals surface area contributed by atoms with Crippen LogP contribution in [0.2, 0.25) is 23.2 Å². The van der Waals surface area contributed by atoms with E-state index < -0.39 is 8.32 Å². The van der Waals surface area contributed by atoms with Gasteiger partial charge in [-0.3, -0.25) is 4.90 Å². The lowest BCUT2D eigenvalue weighted by molar-refractivity contribution is 0.0597. The van der Waals surface area contributed by atoms with Crippen molar-refractivity contribution in [3.8, 4) is 6.07 Å². The number of nitriles is 1. The summed E-state index contributed by atoms with van der Waals surface area (Å²) in [7, 11) is -1.92. The van der Waals surface area contributed by atoms with Crippen molar-refractivity contribution >= 4 is 31.6 Å². The number of hydrogen-bond acceptors (Lipinski definition) is 3. The molecule has 0 radical (unpaired) electrons. The summed E-state index contributed by atoms with van der Waals surface area (Å²) in [6, 6.07) is 5.70. The zero-order valence-corrected chi connectivity index (χ0v) is 19.4. The van der Waals surface area contributed by atoms with E-state index >= 15 is 0 Å². The predicted molar refractivity (Wildman–Crippen MR) is 115 cm³/mol. The van der Waals surface area contributed by atoms with E-state index in [0.29, 0.717) is 17.1 Å². The van der Waals surface area contributed by atoms with Crippen LogP contribution >= 0.6 is 11.6 Å². The maximum absolute atomic E-state index is 13.2. The van der Waals surface area contributed by atoms with Gasteiger partial charge in [-0.2, -0.15) is 5.26 Å². The summed E-state index contributed by atoms with van der Waals surface area (Å²) in [6.45, 7) is 14.5. The molecule has 5 nitrogen and oxygen atoms in total. The molecule has 0 saturated carbocycles. The second-order valence-corrected chi connectivity index (χ2v) is 14.5. The van der Waals surface area contributed by atoms with E-state index in [9.17, 15) is 10.1 Å². The van der Waals surface area contributed by atoms with Gasteiger partial charge in [-0.1, -0.05) is 32.4 Å². The molecule has 2 aliphatic heterocycles. The number of benzene rings is 1. The van der Waals surface area contributed by atoms with Crippen LogP contribution in [0.5, 0.6) is 0 Å². The van der Waals surface area contributed by atoms with E-state index in [0.717, 1.165) is 30.6 Å². The Morgan fingerprint density at radius 1 is 1.32 bits per heavy atom. The molecule has 2 atom stereocenters. The SMILES string of the molecule is Cc1c(N2C[C@@H]3[C@@H](O[Si](C)(C)C(C)(C)C)CCCN3C2=O)ccc(C#N)c1Cl. The van der Waals surface area contributed by atoms with Gasteiger partial charge >= 0.3 is 6.03 Å². The van der Waals surface area contributed by atoms with Gasteiger partial charge in [-0.25, -0.2) is 4.79 Å². The van der Waals surface area contributed by atoms with Crippen molar-refractivity contribution in [2.75, 3.05) is 18.0 Å². The average molecular weight is 420 g/mol. The number of amides is 2. The Balaban J connectivity index is 1.88. The molecular weight excluding hydrogens is 390 g/mol. The Labute approximate surface area is 174 Å². The maximum atomic E-state index is 13.2. The fraction of sp³-hybridized carbons (Fsp3) is 0.619. The number of nitrogens with zero attached hydrogens (tertiary/aromatic N) is 3. The molecule has 2 saturated heterocycles. The van der Waals surface area contributed by atoms with Gasteiger partial charge in [0.25, 0.3) is 0 Å². The normalized spacial score (nSPS) is 23.0. The molecule has 0 spiro atoms. The largest absolute Gasteiger partial charge is 0.412 e. The van der Waals surface area contributed by atoms with Crippen LogP contribution in [0.3, 0.4) is 0 Å². The molecule has 2 heterocycles. The van der Waals surface area contributed by atoms with E-state index in [1.807, 2.05) is 17.9 Å². The van der Waals surface area contributed by atoms with Gasteiger partial charge < -0.3 is 9.33 Å². The minimum absolute atomic E-state index is 0.0115. The second kappa shape index (κ2) is 7.36. The van der Waals surface area contributed by atoms with Crippen LogP contribution in [0.15, 0.2) is 12.1 Å². The third-order valence-corrected chi connectivity index (χ3v) is 11.6. The van der Waals surface area contributed by atoms with E-state index in [2.05, 4.69) is 39.9 Å². The van der Waals surface area contributed by atoms with Crippen molar-refractivity contribution < 1.29 is 9.22 Å². The molecule has 2 amide bonds. The standard InChI is InChI=1S/C21H30ClN3O2Si/c1-14-16(10-9-15(12-23)19(14)22)25-13-17-18(8-7-11-24(17)20(25)26)27-28(5,6)21(2,3)4/h9-10,17-18H,7-8,11,13H2,1-6H3/t17-,18+/m1/s1. The lowest BCUT2D eigenvalue weighted by atomic mass is 10.0. The molecule has 0 unspecified atom stereocenters. The van der Waals surface area contributed by atoms with Crippen molar-refractivity contribution in [3.63, 3.8) is 0 Å². The first-order chi connectivity index (χ1) is 13.0. The summed E-state index contributed by atoms with van der Waals surface area (Å²) in [5, 5.41) is 9.75. The number of halogens is 1. The average Bonchev–Trinajstić information content (AvgIpc) is 2.94. The Hall–Kier alpha value is -1.55. The zero-order chi connectivity index (χ0) is 20.9. The lowest BCUT2D eigenvalue weighted by Gasteiger charge is -2.44. The molecule has 152 valence electrons. The number of carbonyl (C=O) groups excluding carboxylic acids is 1. The summed E-state index contributed by atoms with van der Waals surface area (Å²) in [5.74, 6) is 0. The minimum atomic E-state index is -1.92. The third-order valence-electron chi connectivity index (χ3n) is 6.58. The molecule has 7 heteroatoms. The molecule has 0 aliphatic carbocycles. The van der Waals surface area contributed by atoms with Crippen molar-refractivity contribution in [2.24, 2.45) is 0 Å². The summed E-state index contributed by atoms with van der Waals surface area (Å²) in [5.41, 5.74) is 2.00. The number of piperidine rings is 1. The molecule has 0 aromatic heterocycles. The van der Waals surface area contributed by atoms with Crippen LogP contribution in [0.4, 0.5) is 10.5 Å². The van der Waals surface area contributed by atoms with Crippen LogP contribution in [0.25, 0.3) is 0 Å². The van der Waals surface area contributed by atoms with Gasteiger partial charge in [0.1, 0.15) is 6.07 Å². The molecule has 0 bridgehead atoms. The number of hydrogen-bond donors (Lipinski definition) is 0. The molecule has 2 aliphatic rings. The molecule has 0 N–H and O–H groups in total. The number of carbonyl (C=O) groups is 1. The maximum Gasteiger partial charge on any atom is 0.324 e. The van der Waals surface area contributed by atoms with Gasteiger partial charge in [0.2, 0.25) is 0 Å². The summed E-state index contributed by atoms with van der Waals surface area (Å²) < 4.78 is 6.73. The second-order valence-electron chi connectivity index (χ2n) is 9.40. The first kappa shape index (κ1) is 21.2. The number of anilines is 1. The molecule has 3 rings (SSSR count). The van der Waals surface area contributed by atoms with E-state index in [4.69, 9.17) is 16.0 Å². The van der Waals surface area contributed by atoms with Crippen LogP contribution < -0.4 is 4.90 Å². The van der Waals surface area contributed by atoms with Crippen molar-refractivity contribution in [2.45, 2.75) is 70.8 Å². The predicted octanol–water partition coefficient (Wildman–Crippen LogP) is 5.31.